The van der Waals surface area contributed by atoms with Gasteiger partial charge in [0.25, 0.3) is 0 Å². The van der Waals surface area contributed by atoms with E-state index < -0.39 is 27.3 Å². The lowest BCUT2D eigenvalue weighted by molar-refractivity contribution is -0.146. The van der Waals surface area contributed by atoms with E-state index in [0.29, 0.717) is 12.8 Å². The molecule has 0 aliphatic carbocycles. The van der Waals surface area contributed by atoms with Crippen molar-refractivity contribution in [1.82, 2.24) is 4.31 Å². The van der Waals surface area contributed by atoms with Crippen LogP contribution in [-0.2, 0) is 19.6 Å². The normalized spacial score (nSPS) is 23.1. The third kappa shape index (κ3) is 2.82. The summed E-state index contributed by atoms with van der Waals surface area (Å²) in [6.07, 6.45) is 2.15. The van der Waals surface area contributed by atoms with Crippen LogP contribution in [0.25, 0.3) is 0 Å². The van der Waals surface area contributed by atoms with Crippen LogP contribution >= 0.6 is 0 Å². The maximum absolute atomic E-state index is 12.3. The Morgan fingerprint density at radius 2 is 2.22 bits per heavy atom. The molecule has 0 aromatic heterocycles. The van der Waals surface area contributed by atoms with Gasteiger partial charge in [-0.05, 0) is 25.7 Å². The molecule has 1 fully saturated rings. The molecule has 0 bridgehead atoms. The van der Waals surface area contributed by atoms with E-state index in [1.807, 2.05) is 0 Å². The van der Waals surface area contributed by atoms with E-state index in [1.54, 1.807) is 13.0 Å². The molecule has 0 aromatic rings. The van der Waals surface area contributed by atoms with Crippen molar-refractivity contribution in [3.63, 3.8) is 0 Å². The summed E-state index contributed by atoms with van der Waals surface area (Å²) in [5.41, 5.74) is 0. The van der Waals surface area contributed by atoms with Gasteiger partial charge in [-0.3, -0.25) is 4.79 Å². The molecule has 0 amide bonds. The van der Waals surface area contributed by atoms with Crippen molar-refractivity contribution in [3.05, 3.63) is 0 Å². The minimum atomic E-state index is -3.76. The highest BCUT2D eigenvalue weighted by Crippen LogP contribution is 2.24. The average Bonchev–Trinajstić information content (AvgIpc) is 2.39. The van der Waals surface area contributed by atoms with E-state index in [-0.39, 0.29) is 13.0 Å². The van der Waals surface area contributed by atoms with Crippen molar-refractivity contribution in [2.75, 3.05) is 13.7 Å². The Balaban J connectivity index is 3.04. The molecule has 1 aliphatic rings. The van der Waals surface area contributed by atoms with E-state index in [2.05, 4.69) is 4.74 Å². The number of nitrogens with zero attached hydrogens (tertiary/aromatic N) is 2. The van der Waals surface area contributed by atoms with Gasteiger partial charge in [0.15, 0.2) is 5.25 Å². The molecule has 1 heterocycles. The summed E-state index contributed by atoms with van der Waals surface area (Å²) in [4.78, 5) is 11.6. The monoisotopic (exact) mass is 274 g/mol. The topological polar surface area (TPSA) is 87.5 Å². The molecule has 7 heteroatoms. The summed E-state index contributed by atoms with van der Waals surface area (Å²) in [6, 6.07) is 1.00. The van der Waals surface area contributed by atoms with Crippen molar-refractivity contribution in [2.24, 2.45) is 0 Å². The number of methoxy groups -OCH3 is 1. The Morgan fingerprint density at radius 1 is 1.56 bits per heavy atom. The quantitative estimate of drug-likeness (QED) is 0.702. The zero-order valence-electron chi connectivity index (χ0n) is 10.6. The van der Waals surface area contributed by atoms with Gasteiger partial charge in [-0.25, -0.2) is 8.42 Å². The number of piperidine rings is 1. The fourth-order valence-electron chi connectivity index (χ4n) is 2.11. The highest BCUT2D eigenvalue weighted by molar-refractivity contribution is 7.90. The van der Waals surface area contributed by atoms with Crippen LogP contribution in [0, 0.1) is 11.3 Å². The summed E-state index contributed by atoms with van der Waals surface area (Å²) in [5, 5.41) is 7.81. The molecule has 2 atom stereocenters. The van der Waals surface area contributed by atoms with Gasteiger partial charge in [0.05, 0.1) is 13.2 Å². The largest absolute Gasteiger partial charge is 0.468 e. The van der Waals surface area contributed by atoms with Crippen LogP contribution in [0.2, 0.25) is 0 Å². The Labute approximate surface area is 108 Å². The van der Waals surface area contributed by atoms with Crippen LogP contribution in [0.3, 0.4) is 0 Å². The fraction of sp³-hybridized carbons (Fsp3) is 0.818. The average molecular weight is 274 g/mol. The molecule has 102 valence electrons. The minimum absolute atomic E-state index is 0.212. The lowest BCUT2D eigenvalue weighted by Crippen LogP contribution is -2.51. The second-order valence-electron chi connectivity index (χ2n) is 4.22. The summed E-state index contributed by atoms with van der Waals surface area (Å²) in [7, 11) is -2.52. The maximum atomic E-state index is 12.3. The molecular weight excluding hydrogens is 256 g/mol. The number of sulfonamides is 1. The minimum Gasteiger partial charge on any atom is -0.468 e. The van der Waals surface area contributed by atoms with Crippen LogP contribution in [0.1, 0.15) is 32.6 Å². The van der Waals surface area contributed by atoms with Crippen molar-refractivity contribution in [3.8, 4) is 6.07 Å². The Bertz CT molecular complexity index is 440. The molecule has 18 heavy (non-hydrogen) atoms. The highest BCUT2D eigenvalue weighted by atomic mass is 32.2. The summed E-state index contributed by atoms with van der Waals surface area (Å²) in [5.74, 6) is -0.550. The molecule has 0 spiro atoms. The Morgan fingerprint density at radius 3 is 2.72 bits per heavy atom. The molecule has 0 aromatic carbocycles. The zero-order valence-corrected chi connectivity index (χ0v) is 11.4. The lowest BCUT2D eigenvalue weighted by atomic mass is 10.1. The van der Waals surface area contributed by atoms with Crippen LogP contribution in [0.4, 0.5) is 0 Å². The van der Waals surface area contributed by atoms with Crippen molar-refractivity contribution in [1.29, 1.82) is 5.26 Å². The first-order chi connectivity index (χ1) is 8.48. The zero-order chi connectivity index (χ0) is 13.8. The van der Waals surface area contributed by atoms with Crippen LogP contribution < -0.4 is 0 Å². The predicted octanol–water partition coefficient (Wildman–Crippen LogP) is 0.646. The van der Waals surface area contributed by atoms with Crippen LogP contribution in [-0.4, -0.2) is 43.6 Å². The first kappa shape index (κ1) is 14.9. The number of ether oxygens (including phenoxy) is 1. The number of nitriles is 1. The van der Waals surface area contributed by atoms with Gasteiger partial charge < -0.3 is 4.74 Å². The maximum Gasteiger partial charge on any atom is 0.324 e. The van der Waals surface area contributed by atoms with Gasteiger partial charge >= 0.3 is 5.97 Å². The lowest BCUT2D eigenvalue weighted by Gasteiger charge is -2.33. The van der Waals surface area contributed by atoms with E-state index in [0.717, 1.165) is 10.7 Å². The molecule has 1 rings (SSSR count). The van der Waals surface area contributed by atoms with Gasteiger partial charge in [-0.2, -0.15) is 9.57 Å². The Kier molecular flexibility index (Phi) is 5.11. The van der Waals surface area contributed by atoms with Crippen molar-refractivity contribution >= 4 is 16.0 Å². The van der Waals surface area contributed by atoms with Gasteiger partial charge in [0.1, 0.15) is 6.04 Å². The molecule has 1 unspecified atom stereocenters. The number of hydrogen-bond acceptors (Lipinski definition) is 5. The molecule has 0 radical (unpaired) electrons. The van der Waals surface area contributed by atoms with Gasteiger partial charge in [-0.1, -0.05) is 6.92 Å². The van der Waals surface area contributed by atoms with Crippen LogP contribution in [0.15, 0.2) is 0 Å². The number of carbonyl (C=O) groups is 1. The molecule has 6 nitrogen and oxygen atoms in total. The van der Waals surface area contributed by atoms with E-state index in [1.165, 1.54) is 7.11 Å². The highest BCUT2D eigenvalue weighted by Gasteiger charge is 2.40. The van der Waals surface area contributed by atoms with Crippen molar-refractivity contribution in [2.45, 2.75) is 43.9 Å². The summed E-state index contributed by atoms with van der Waals surface area (Å²) in [6.45, 7) is 1.92. The third-order valence-corrected chi connectivity index (χ3v) is 5.38. The number of rotatable bonds is 4. The van der Waals surface area contributed by atoms with Gasteiger partial charge in [0, 0.05) is 6.54 Å². The number of esters is 1. The second kappa shape index (κ2) is 6.16. The fourth-order valence-corrected chi connectivity index (χ4v) is 3.92. The first-order valence-corrected chi connectivity index (χ1v) is 7.47. The number of carbonyl (C=O) groups excluding carboxylic acids is 1. The molecular formula is C11H18N2O4S. The van der Waals surface area contributed by atoms with Gasteiger partial charge in [-0.15, -0.1) is 0 Å². The van der Waals surface area contributed by atoms with E-state index in [4.69, 9.17) is 5.26 Å². The molecule has 1 aliphatic heterocycles. The number of hydrogen-bond donors (Lipinski definition) is 0. The molecule has 0 N–H and O–H groups in total. The van der Waals surface area contributed by atoms with Crippen LogP contribution in [0.5, 0.6) is 0 Å². The van der Waals surface area contributed by atoms with E-state index in [9.17, 15) is 13.2 Å². The summed E-state index contributed by atoms with van der Waals surface area (Å²) < 4.78 is 30.3. The third-order valence-electron chi connectivity index (χ3n) is 3.13. The molecule has 1 saturated heterocycles. The predicted molar refractivity (Wildman–Crippen MR) is 65.0 cm³/mol. The summed E-state index contributed by atoms with van der Waals surface area (Å²) >= 11 is 0. The Hall–Kier alpha value is -1.13. The SMILES string of the molecule is CCC(C#N)S(=O)(=O)N1CCCC[C@@H]1C(=O)OC. The van der Waals surface area contributed by atoms with E-state index >= 15 is 0 Å². The second-order valence-corrected chi connectivity index (χ2v) is 6.28. The first-order valence-electron chi connectivity index (χ1n) is 5.97. The van der Waals surface area contributed by atoms with Gasteiger partial charge in [0.2, 0.25) is 10.0 Å². The molecule has 0 saturated carbocycles. The van der Waals surface area contributed by atoms with Crippen molar-refractivity contribution < 1.29 is 17.9 Å². The standard InChI is InChI=1S/C11H18N2O4S/c1-3-9(8-12)18(15,16)13-7-5-4-6-10(13)11(14)17-2/h9-10H,3-7H2,1-2H3/t9?,10-/m1/s1. The smallest absolute Gasteiger partial charge is 0.324 e.